The van der Waals surface area contributed by atoms with Crippen molar-refractivity contribution in [2.24, 2.45) is 5.10 Å². The summed E-state index contributed by atoms with van der Waals surface area (Å²) in [6, 6.07) is 8.18. The second-order valence-electron chi connectivity index (χ2n) is 6.57. The lowest BCUT2D eigenvalue weighted by Crippen LogP contribution is -2.25. The van der Waals surface area contributed by atoms with E-state index in [0.29, 0.717) is 5.95 Å². The standard InChI is InChI=1S/C18H22IN7/c19-15-7-5-14(6-8-15)13-20-24-16-21-17(25-9-1-2-10-25)23-18(22-16)26-11-3-4-12-26/h5-8,13H,1-4,9-12H2,(H,21,22,23,24)/b20-13-. The van der Waals surface area contributed by atoms with Gasteiger partial charge in [0.05, 0.1) is 6.21 Å². The maximum absolute atomic E-state index is 4.71. The largest absolute Gasteiger partial charge is 0.341 e. The van der Waals surface area contributed by atoms with Crippen molar-refractivity contribution in [2.75, 3.05) is 41.4 Å². The highest BCUT2D eigenvalue weighted by Gasteiger charge is 2.21. The number of nitrogens with one attached hydrogen (secondary N) is 1. The van der Waals surface area contributed by atoms with Crippen molar-refractivity contribution >= 4 is 46.7 Å². The van der Waals surface area contributed by atoms with E-state index in [9.17, 15) is 0 Å². The average molecular weight is 463 g/mol. The van der Waals surface area contributed by atoms with Crippen LogP contribution >= 0.6 is 22.6 Å². The summed E-state index contributed by atoms with van der Waals surface area (Å²) in [7, 11) is 0. The molecule has 1 aromatic carbocycles. The van der Waals surface area contributed by atoms with Crippen LogP contribution in [-0.2, 0) is 0 Å². The molecule has 0 bridgehead atoms. The molecule has 1 N–H and O–H groups in total. The fourth-order valence-corrected chi connectivity index (χ4v) is 3.59. The molecule has 3 heterocycles. The quantitative estimate of drug-likeness (QED) is 0.418. The third-order valence-corrected chi connectivity index (χ3v) is 5.36. The molecule has 2 aliphatic heterocycles. The van der Waals surface area contributed by atoms with Gasteiger partial charge < -0.3 is 9.80 Å². The number of halogens is 1. The first-order chi connectivity index (χ1) is 12.8. The van der Waals surface area contributed by atoms with Gasteiger partial charge in [-0.2, -0.15) is 20.1 Å². The molecule has 2 aromatic rings. The molecule has 7 nitrogen and oxygen atoms in total. The zero-order valence-electron chi connectivity index (χ0n) is 14.6. The predicted molar refractivity (Wildman–Crippen MR) is 113 cm³/mol. The summed E-state index contributed by atoms with van der Waals surface area (Å²) >= 11 is 2.29. The predicted octanol–water partition coefficient (Wildman–Crippen LogP) is 3.12. The Kier molecular flexibility index (Phi) is 5.47. The van der Waals surface area contributed by atoms with Crippen LogP contribution in [0.3, 0.4) is 0 Å². The zero-order valence-corrected chi connectivity index (χ0v) is 16.8. The van der Waals surface area contributed by atoms with Crippen LogP contribution in [0.2, 0.25) is 0 Å². The first kappa shape index (κ1) is 17.4. The number of hydrazone groups is 1. The number of aromatic nitrogens is 3. The van der Waals surface area contributed by atoms with Gasteiger partial charge in [0.15, 0.2) is 0 Å². The van der Waals surface area contributed by atoms with Crippen molar-refractivity contribution < 1.29 is 0 Å². The van der Waals surface area contributed by atoms with Crippen LogP contribution in [0.1, 0.15) is 31.2 Å². The fourth-order valence-electron chi connectivity index (χ4n) is 3.23. The van der Waals surface area contributed by atoms with Crippen LogP contribution in [0.4, 0.5) is 17.8 Å². The van der Waals surface area contributed by atoms with Gasteiger partial charge in [-0.15, -0.1) is 0 Å². The number of anilines is 3. The molecule has 4 rings (SSSR count). The number of nitrogens with zero attached hydrogens (tertiary/aromatic N) is 6. The lowest BCUT2D eigenvalue weighted by atomic mass is 10.2. The molecular weight excluding hydrogens is 441 g/mol. The normalized spacial score (nSPS) is 17.4. The Balaban J connectivity index is 1.54. The number of hydrogen-bond acceptors (Lipinski definition) is 7. The zero-order chi connectivity index (χ0) is 17.8. The Labute approximate surface area is 167 Å². The molecule has 0 saturated carbocycles. The summed E-state index contributed by atoms with van der Waals surface area (Å²) < 4.78 is 1.20. The average Bonchev–Trinajstić information content (AvgIpc) is 3.37. The first-order valence-electron chi connectivity index (χ1n) is 9.08. The molecule has 2 saturated heterocycles. The number of hydrogen-bond donors (Lipinski definition) is 1. The van der Waals surface area contributed by atoms with E-state index < -0.39 is 0 Å². The highest BCUT2D eigenvalue weighted by molar-refractivity contribution is 14.1. The monoisotopic (exact) mass is 463 g/mol. The highest BCUT2D eigenvalue weighted by Crippen LogP contribution is 2.22. The molecule has 0 spiro atoms. The van der Waals surface area contributed by atoms with E-state index in [2.05, 4.69) is 65.0 Å². The second kappa shape index (κ2) is 8.15. The SMILES string of the molecule is Ic1ccc(/C=N\Nc2nc(N3CCCC3)nc(N3CCCC3)n2)cc1. The Bertz CT molecular complexity index is 731. The molecule has 0 aliphatic carbocycles. The Morgan fingerprint density at radius 2 is 1.38 bits per heavy atom. The first-order valence-corrected chi connectivity index (χ1v) is 10.2. The van der Waals surface area contributed by atoms with E-state index in [1.54, 1.807) is 6.21 Å². The summed E-state index contributed by atoms with van der Waals surface area (Å²) in [5, 5.41) is 4.31. The van der Waals surface area contributed by atoms with Crippen molar-refractivity contribution in [2.45, 2.75) is 25.7 Å². The third kappa shape index (κ3) is 4.22. The van der Waals surface area contributed by atoms with Crippen molar-refractivity contribution in [3.63, 3.8) is 0 Å². The van der Waals surface area contributed by atoms with Crippen molar-refractivity contribution in [1.29, 1.82) is 0 Å². The van der Waals surface area contributed by atoms with Gasteiger partial charge >= 0.3 is 0 Å². The summed E-state index contributed by atoms with van der Waals surface area (Å²) in [6.07, 6.45) is 6.55. The van der Waals surface area contributed by atoms with Crippen LogP contribution in [0.5, 0.6) is 0 Å². The van der Waals surface area contributed by atoms with Crippen LogP contribution in [-0.4, -0.2) is 47.3 Å². The molecule has 0 radical (unpaired) electrons. The van der Waals surface area contributed by atoms with E-state index in [0.717, 1.165) is 43.6 Å². The molecule has 2 fully saturated rings. The van der Waals surface area contributed by atoms with Gasteiger partial charge in [0.2, 0.25) is 17.8 Å². The Morgan fingerprint density at radius 3 is 1.92 bits per heavy atom. The lowest BCUT2D eigenvalue weighted by Gasteiger charge is -2.20. The number of benzene rings is 1. The third-order valence-electron chi connectivity index (χ3n) is 4.64. The Hall–Kier alpha value is -1.97. The molecule has 26 heavy (non-hydrogen) atoms. The van der Waals surface area contributed by atoms with Gasteiger partial charge in [0, 0.05) is 29.7 Å². The van der Waals surface area contributed by atoms with Crippen LogP contribution in [0, 0.1) is 3.57 Å². The van der Waals surface area contributed by atoms with Gasteiger partial charge in [0.25, 0.3) is 0 Å². The van der Waals surface area contributed by atoms with Crippen LogP contribution in [0.25, 0.3) is 0 Å². The summed E-state index contributed by atoms with van der Waals surface area (Å²) in [5.74, 6) is 2.02. The van der Waals surface area contributed by atoms with Crippen molar-refractivity contribution in [3.05, 3.63) is 33.4 Å². The fraction of sp³-hybridized carbons (Fsp3) is 0.444. The topological polar surface area (TPSA) is 69.5 Å². The van der Waals surface area contributed by atoms with Crippen molar-refractivity contribution in [3.8, 4) is 0 Å². The van der Waals surface area contributed by atoms with Crippen LogP contribution in [0.15, 0.2) is 29.4 Å². The van der Waals surface area contributed by atoms with Gasteiger partial charge in [0.1, 0.15) is 0 Å². The van der Waals surface area contributed by atoms with E-state index >= 15 is 0 Å². The molecule has 2 aliphatic rings. The summed E-state index contributed by atoms with van der Waals surface area (Å²) in [6.45, 7) is 4.03. The van der Waals surface area contributed by atoms with Crippen LogP contribution < -0.4 is 15.2 Å². The van der Waals surface area contributed by atoms with Gasteiger partial charge in [-0.05, 0) is 66.0 Å². The van der Waals surface area contributed by atoms with Crippen molar-refractivity contribution in [1.82, 2.24) is 15.0 Å². The molecular formula is C18H22IN7. The van der Waals surface area contributed by atoms with E-state index in [-0.39, 0.29) is 0 Å². The number of rotatable bonds is 5. The maximum atomic E-state index is 4.71. The lowest BCUT2D eigenvalue weighted by molar-refractivity contribution is 0.838. The van der Waals surface area contributed by atoms with E-state index in [1.165, 1.54) is 29.3 Å². The smallest absolute Gasteiger partial charge is 0.250 e. The van der Waals surface area contributed by atoms with E-state index in [4.69, 9.17) is 4.98 Å². The highest BCUT2D eigenvalue weighted by atomic mass is 127. The molecule has 8 heteroatoms. The minimum absolute atomic E-state index is 0.505. The maximum Gasteiger partial charge on any atom is 0.250 e. The minimum atomic E-state index is 0.505. The second-order valence-corrected chi connectivity index (χ2v) is 7.81. The van der Waals surface area contributed by atoms with Gasteiger partial charge in [-0.1, -0.05) is 12.1 Å². The minimum Gasteiger partial charge on any atom is -0.341 e. The molecule has 136 valence electrons. The molecule has 0 atom stereocenters. The summed E-state index contributed by atoms with van der Waals surface area (Å²) in [5.41, 5.74) is 4.02. The van der Waals surface area contributed by atoms with Gasteiger partial charge in [-0.25, -0.2) is 5.43 Å². The van der Waals surface area contributed by atoms with Gasteiger partial charge in [-0.3, -0.25) is 0 Å². The molecule has 1 aromatic heterocycles. The summed E-state index contributed by atoms with van der Waals surface area (Å²) in [4.78, 5) is 18.3. The Morgan fingerprint density at radius 1 is 0.846 bits per heavy atom. The molecule has 0 unspecified atom stereocenters. The van der Waals surface area contributed by atoms with E-state index in [1.807, 2.05) is 12.1 Å². The molecule has 0 amide bonds.